The fourth-order valence-electron chi connectivity index (χ4n) is 1.90. The molecule has 0 N–H and O–H groups in total. The van der Waals surface area contributed by atoms with Gasteiger partial charge in [0.2, 0.25) is 5.24 Å². The van der Waals surface area contributed by atoms with Gasteiger partial charge >= 0.3 is 0 Å². The minimum atomic E-state index is -0.404. The number of halogens is 1. The lowest BCUT2D eigenvalue weighted by Crippen LogP contribution is -1.96. The van der Waals surface area contributed by atoms with Crippen LogP contribution >= 0.6 is 11.6 Å². The lowest BCUT2D eigenvalue weighted by atomic mass is 9.96. The van der Waals surface area contributed by atoms with Gasteiger partial charge < -0.3 is 0 Å². The van der Waals surface area contributed by atoms with Crippen molar-refractivity contribution in [2.24, 2.45) is 11.8 Å². The zero-order chi connectivity index (χ0) is 14.0. The molecule has 0 aromatic carbocycles. The van der Waals surface area contributed by atoms with Crippen molar-refractivity contribution in [2.75, 3.05) is 0 Å². The van der Waals surface area contributed by atoms with Gasteiger partial charge in [-0.05, 0) is 48.8 Å². The third-order valence-corrected chi connectivity index (χ3v) is 3.14. The molecular weight excluding hydrogens is 244 g/mol. The molecule has 1 atom stereocenters. The molecule has 0 radical (unpaired) electrons. The van der Waals surface area contributed by atoms with Crippen LogP contribution in [0.1, 0.15) is 59.8 Å². The predicted molar refractivity (Wildman–Crippen MR) is 80.8 cm³/mol. The summed E-state index contributed by atoms with van der Waals surface area (Å²) in [5.74, 6) is 1.60. The first kappa shape index (κ1) is 17.4. The molecule has 104 valence electrons. The Morgan fingerprint density at radius 3 is 2.39 bits per heavy atom. The smallest absolute Gasteiger partial charge is 0.245 e. The lowest BCUT2D eigenvalue weighted by molar-refractivity contribution is -0.107. The molecule has 2 heteroatoms. The van der Waals surface area contributed by atoms with Crippen molar-refractivity contribution >= 4 is 16.8 Å². The quantitative estimate of drug-likeness (QED) is 0.307. The van der Waals surface area contributed by atoms with Crippen molar-refractivity contribution in [3.63, 3.8) is 0 Å². The van der Waals surface area contributed by atoms with Gasteiger partial charge in [-0.1, -0.05) is 52.2 Å². The van der Waals surface area contributed by atoms with E-state index in [1.165, 1.54) is 31.8 Å². The summed E-state index contributed by atoms with van der Waals surface area (Å²) in [6.45, 7) is 8.77. The van der Waals surface area contributed by atoms with Gasteiger partial charge in [-0.2, -0.15) is 0 Å². The molecule has 0 bridgehead atoms. The molecule has 0 heterocycles. The van der Waals surface area contributed by atoms with Crippen LogP contribution in [0.2, 0.25) is 0 Å². The number of carbonyl (C=O) groups excluding carboxylic acids is 1. The van der Waals surface area contributed by atoms with E-state index in [1.54, 1.807) is 0 Å². The molecule has 1 unspecified atom stereocenters. The third kappa shape index (κ3) is 11.9. The van der Waals surface area contributed by atoms with Crippen molar-refractivity contribution in [1.29, 1.82) is 0 Å². The molecular formula is C16H27ClO. The molecule has 0 fully saturated rings. The van der Waals surface area contributed by atoms with Crippen LogP contribution in [0.25, 0.3) is 0 Å². The molecule has 0 aliphatic rings. The van der Waals surface area contributed by atoms with Crippen LogP contribution in [0, 0.1) is 11.8 Å². The van der Waals surface area contributed by atoms with Crippen LogP contribution in [0.3, 0.4) is 0 Å². The topological polar surface area (TPSA) is 17.1 Å². The summed E-state index contributed by atoms with van der Waals surface area (Å²) in [6, 6.07) is 0. The number of hydrogen-bond donors (Lipinski definition) is 0. The highest BCUT2D eigenvalue weighted by Crippen LogP contribution is 2.17. The average Bonchev–Trinajstić information content (AvgIpc) is 2.23. The zero-order valence-corrected chi connectivity index (χ0v) is 13.0. The fourth-order valence-corrected chi connectivity index (χ4v) is 2.07. The summed E-state index contributed by atoms with van der Waals surface area (Å²) in [6.07, 6.45) is 11.8. The van der Waals surface area contributed by atoms with Gasteiger partial charge in [0.1, 0.15) is 0 Å². The van der Waals surface area contributed by atoms with Crippen molar-refractivity contribution in [3.8, 4) is 0 Å². The summed E-state index contributed by atoms with van der Waals surface area (Å²) < 4.78 is 0. The van der Waals surface area contributed by atoms with Gasteiger partial charge in [0.25, 0.3) is 0 Å². The Morgan fingerprint density at radius 1 is 1.17 bits per heavy atom. The second-order valence-electron chi connectivity index (χ2n) is 5.60. The zero-order valence-electron chi connectivity index (χ0n) is 12.2. The highest BCUT2D eigenvalue weighted by molar-refractivity contribution is 6.66. The maximum atomic E-state index is 10.6. The van der Waals surface area contributed by atoms with Crippen LogP contribution in [0.4, 0.5) is 0 Å². The molecule has 0 saturated carbocycles. The maximum Gasteiger partial charge on any atom is 0.245 e. The predicted octanol–water partition coefficient (Wildman–Crippen LogP) is 5.50. The van der Waals surface area contributed by atoms with Crippen LogP contribution < -0.4 is 0 Å². The fraction of sp³-hybridized carbons (Fsp3) is 0.688. The van der Waals surface area contributed by atoms with Crippen molar-refractivity contribution in [3.05, 3.63) is 23.8 Å². The van der Waals surface area contributed by atoms with Crippen LogP contribution in [0.5, 0.6) is 0 Å². The first-order chi connectivity index (χ1) is 8.41. The van der Waals surface area contributed by atoms with E-state index < -0.39 is 5.24 Å². The first-order valence-corrected chi connectivity index (χ1v) is 7.34. The number of hydrogen-bond acceptors (Lipinski definition) is 1. The van der Waals surface area contributed by atoms with E-state index in [1.807, 2.05) is 13.0 Å². The van der Waals surface area contributed by atoms with Crippen LogP contribution in [-0.2, 0) is 4.79 Å². The van der Waals surface area contributed by atoms with E-state index in [4.69, 9.17) is 11.6 Å². The Morgan fingerprint density at radius 2 is 1.83 bits per heavy atom. The number of carbonyl (C=O) groups is 1. The Balaban J connectivity index is 3.70. The molecule has 0 saturated heterocycles. The minimum absolute atomic E-state index is 0.404. The summed E-state index contributed by atoms with van der Waals surface area (Å²) in [4.78, 5) is 10.6. The average molecular weight is 271 g/mol. The molecule has 0 spiro atoms. The molecule has 0 rings (SSSR count). The summed E-state index contributed by atoms with van der Waals surface area (Å²) in [7, 11) is 0. The maximum absolute atomic E-state index is 10.6. The van der Waals surface area contributed by atoms with E-state index in [-0.39, 0.29) is 0 Å². The Labute approximate surface area is 117 Å². The Kier molecular flexibility index (Phi) is 10.0. The molecule has 1 nitrogen and oxygen atoms in total. The van der Waals surface area contributed by atoms with Gasteiger partial charge in [-0.3, -0.25) is 4.79 Å². The van der Waals surface area contributed by atoms with Crippen molar-refractivity contribution in [2.45, 2.75) is 59.8 Å². The number of rotatable bonds is 9. The van der Waals surface area contributed by atoms with Gasteiger partial charge in [-0.15, -0.1) is 0 Å². The molecule has 0 aromatic rings. The number of allylic oxidation sites excluding steroid dienone is 4. The van der Waals surface area contributed by atoms with E-state index in [0.29, 0.717) is 0 Å². The Hall–Kier alpha value is -0.560. The van der Waals surface area contributed by atoms with E-state index in [0.717, 1.165) is 23.8 Å². The van der Waals surface area contributed by atoms with E-state index in [9.17, 15) is 4.79 Å². The molecule has 0 aromatic heterocycles. The SMILES string of the molecule is CC(C=CCCC(C)CCCC(C)C)=CC(=O)Cl. The second-order valence-corrected chi connectivity index (χ2v) is 5.97. The van der Waals surface area contributed by atoms with Gasteiger partial charge in [0.15, 0.2) is 0 Å². The normalized spacial score (nSPS) is 14.4. The third-order valence-electron chi connectivity index (χ3n) is 3.03. The standard InChI is InChI=1S/C16H27ClO/c1-13(2)8-7-11-14(3)9-5-6-10-15(4)12-16(17)18/h6,10,12-14H,5,7-9,11H2,1-4H3. The lowest BCUT2D eigenvalue weighted by Gasteiger charge is -2.10. The summed E-state index contributed by atoms with van der Waals surface area (Å²) in [5.41, 5.74) is 0.919. The van der Waals surface area contributed by atoms with Crippen molar-refractivity contribution in [1.82, 2.24) is 0 Å². The Bertz CT molecular complexity index is 289. The highest BCUT2D eigenvalue weighted by Gasteiger charge is 2.01. The van der Waals surface area contributed by atoms with Gasteiger partial charge in [0, 0.05) is 6.08 Å². The van der Waals surface area contributed by atoms with E-state index >= 15 is 0 Å². The monoisotopic (exact) mass is 270 g/mol. The first-order valence-electron chi connectivity index (χ1n) is 6.96. The summed E-state index contributed by atoms with van der Waals surface area (Å²) >= 11 is 5.27. The van der Waals surface area contributed by atoms with Crippen LogP contribution in [-0.4, -0.2) is 5.24 Å². The highest BCUT2D eigenvalue weighted by atomic mass is 35.5. The van der Waals surface area contributed by atoms with E-state index in [2.05, 4.69) is 26.8 Å². The van der Waals surface area contributed by atoms with Gasteiger partial charge in [0.05, 0.1) is 0 Å². The second kappa shape index (κ2) is 10.4. The molecule has 0 amide bonds. The minimum Gasteiger partial charge on any atom is -0.276 e. The molecule has 0 aliphatic heterocycles. The molecule has 18 heavy (non-hydrogen) atoms. The largest absolute Gasteiger partial charge is 0.276 e. The van der Waals surface area contributed by atoms with Gasteiger partial charge in [-0.25, -0.2) is 0 Å². The summed E-state index contributed by atoms with van der Waals surface area (Å²) in [5, 5.41) is -0.404. The van der Waals surface area contributed by atoms with Crippen molar-refractivity contribution < 1.29 is 4.79 Å². The molecule has 0 aliphatic carbocycles. The van der Waals surface area contributed by atoms with Crippen LogP contribution in [0.15, 0.2) is 23.8 Å².